The van der Waals surface area contributed by atoms with Gasteiger partial charge in [-0.05, 0) is 37.5 Å². The lowest BCUT2D eigenvalue weighted by atomic mass is 9.67. The molecular weight excluding hydrogens is 148 g/mol. The van der Waals surface area contributed by atoms with Crippen LogP contribution in [0.4, 0.5) is 0 Å². The maximum absolute atomic E-state index is 9.62. The van der Waals surface area contributed by atoms with Crippen molar-refractivity contribution in [1.29, 1.82) is 0 Å². The third kappa shape index (κ3) is 1.89. The molecule has 1 N–H and O–H groups in total. The number of hydrogen-bond acceptors (Lipinski definition) is 1. The molecule has 1 nitrogen and oxygen atoms in total. The van der Waals surface area contributed by atoms with Crippen molar-refractivity contribution in [1.82, 2.24) is 0 Å². The fraction of sp³-hybridized carbons (Fsp3) is 0.818. The predicted octanol–water partition coefficient (Wildman–Crippen LogP) is 2.75. The molecule has 0 radical (unpaired) electrons. The number of aliphatic hydroxyl groups excluding tert-OH is 1. The monoisotopic (exact) mass is 168 g/mol. The molecule has 0 aromatic carbocycles. The van der Waals surface area contributed by atoms with E-state index >= 15 is 0 Å². The number of rotatable bonds is 1. The highest BCUT2D eigenvalue weighted by Crippen LogP contribution is 2.43. The fourth-order valence-corrected chi connectivity index (χ4v) is 2.35. The maximum atomic E-state index is 9.62. The molecule has 70 valence electrons. The zero-order chi connectivity index (χ0) is 9.35. The van der Waals surface area contributed by atoms with E-state index in [2.05, 4.69) is 27.4 Å². The number of allylic oxidation sites excluding steroid dienone is 1. The molecule has 1 aliphatic rings. The molecule has 0 amide bonds. The van der Waals surface area contributed by atoms with Crippen LogP contribution in [0.3, 0.4) is 0 Å². The lowest BCUT2D eigenvalue weighted by molar-refractivity contribution is 0.0475. The minimum Gasteiger partial charge on any atom is -0.393 e. The van der Waals surface area contributed by atoms with E-state index in [1.807, 2.05) is 0 Å². The summed E-state index contributed by atoms with van der Waals surface area (Å²) in [5, 5.41) is 9.62. The molecule has 3 unspecified atom stereocenters. The van der Waals surface area contributed by atoms with Gasteiger partial charge in [-0.25, -0.2) is 0 Å². The summed E-state index contributed by atoms with van der Waals surface area (Å²) in [6.45, 7) is 10.5. The first-order valence-corrected chi connectivity index (χ1v) is 4.78. The Morgan fingerprint density at radius 1 is 1.50 bits per heavy atom. The van der Waals surface area contributed by atoms with Crippen LogP contribution in [0.15, 0.2) is 12.2 Å². The molecule has 0 aliphatic heterocycles. The molecule has 0 heterocycles. The lowest BCUT2D eigenvalue weighted by Gasteiger charge is -2.40. The van der Waals surface area contributed by atoms with Crippen molar-refractivity contribution in [3.8, 4) is 0 Å². The summed E-state index contributed by atoms with van der Waals surface area (Å²) in [5.41, 5.74) is 1.39. The molecule has 1 heteroatoms. The highest BCUT2D eigenvalue weighted by Gasteiger charge is 2.35. The molecule has 3 atom stereocenters. The summed E-state index contributed by atoms with van der Waals surface area (Å²) < 4.78 is 0. The van der Waals surface area contributed by atoms with Crippen molar-refractivity contribution in [2.24, 2.45) is 11.3 Å². The molecule has 12 heavy (non-hydrogen) atoms. The smallest absolute Gasteiger partial charge is 0.0551 e. The summed E-state index contributed by atoms with van der Waals surface area (Å²) in [5.74, 6) is 0.635. The van der Waals surface area contributed by atoms with Crippen LogP contribution in [0.1, 0.15) is 40.0 Å². The van der Waals surface area contributed by atoms with E-state index in [4.69, 9.17) is 0 Å². The van der Waals surface area contributed by atoms with E-state index in [0.29, 0.717) is 5.92 Å². The van der Waals surface area contributed by atoms with Crippen LogP contribution < -0.4 is 0 Å². The van der Waals surface area contributed by atoms with Crippen molar-refractivity contribution in [3.05, 3.63) is 12.2 Å². The summed E-state index contributed by atoms with van der Waals surface area (Å²) in [7, 11) is 0. The summed E-state index contributed by atoms with van der Waals surface area (Å²) in [6, 6.07) is 0. The van der Waals surface area contributed by atoms with E-state index < -0.39 is 0 Å². The first kappa shape index (κ1) is 9.79. The van der Waals surface area contributed by atoms with Crippen LogP contribution in [0.2, 0.25) is 0 Å². The molecular formula is C11H20O. The fourth-order valence-electron chi connectivity index (χ4n) is 2.35. The molecule has 1 saturated carbocycles. The number of hydrogen-bond donors (Lipinski definition) is 1. The van der Waals surface area contributed by atoms with Crippen LogP contribution in [-0.2, 0) is 0 Å². The van der Waals surface area contributed by atoms with Crippen molar-refractivity contribution >= 4 is 0 Å². The topological polar surface area (TPSA) is 20.2 Å². The number of aliphatic hydroxyl groups is 1. The van der Waals surface area contributed by atoms with Gasteiger partial charge in [0.15, 0.2) is 0 Å². The van der Waals surface area contributed by atoms with Gasteiger partial charge in [0.05, 0.1) is 6.10 Å². The Kier molecular flexibility index (Phi) is 2.62. The average molecular weight is 168 g/mol. The van der Waals surface area contributed by atoms with Crippen LogP contribution in [-0.4, -0.2) is 11.2 Å². The third-order valence-electron chi connectivity index (χ3n) is 3.19. The zero-order valence-corrected chi connectivity index (χ0v) is 8.43. The van der Waals surface area contributed by atoms with Crippen molar-refractivity contribution in [3.63, 3.8) is 0 Å². The summed E-state index contributed by atoms with van der Waals surface area (Å²) in [6.07, 6.45) is 2.92. The lowest BCUT2D eigenvalue weighted by Crippen LogP contribution is -2.33. The maximum Gasteiger partial charge on any atom is 0.0551 e. The Hall–Kier alpha value is -0.300. The average Bonchev–Trinajstić information content (AvgIpc) is 1.82. The van der Waals surface area contributed by atoms with Gasteiger partial charge in [-0.15, -0.1) is 0 Å². The first-order valence-electron chi connectivity index (χ1n) is 4.78. The molecule has 0 bridgehead atoms. The molecule has 0 spiro atoms. The van der Waals surface area contributed by atoms with Gasteiger partial charge in [-0.1, -0.05) is 26.0 Å². The second kappa shape index (κ2) is 3.21. The molecule has 1 aliphatic carbocycles. The third-order valence-corrected chi connectivity index (χ3v) is 3.19. The molecule has 0 aromatic rings. The first-order chi connectivity index (χ1) is 5.44. The second-order valence-electron chi connectivity index (χ2n) is 4.74. The van der Waals surface area contributed by atoms with Crippen molar-refractivity contribution < 1.29 is 5.11 Å². The standard InChI is InChI=1S/C11H20O/c1-8(2)11(4)6-9(3)5-10(12)7-11/h9-10,12H,1,5-7H2,2-4H3. The van der Waals surface area contributed by atoms with Gasteiger partial charge >= 0.3 is 0 Å². The predicted molar refractivity (Wildman–Crippen MR) is 51.9 cm³/mol. The Morgan fingerprint density at radius 2 is 2.08 bits per heavy atom. The summed E-state index contributed by atoms with van der Waals surface area (Å²) in [4.78, 5) is 0. The van der Waals surface area contributed by atoms with E-state index in [1.165, 1.54) is 12.0 Å². The molecule has 1 fully saturated rings. The van der Waals surface area contributed by atoms with Crippen LogP contribution in [0.5, 0.6) is 0 Å². The Morgan fingerprint density at radius 3 is 2.50 bits per heavy atom. The molecule has 1 rings (SSSR count). The van der Waals surface area contributed by atoms with Gasteiger partial charge in [0.2, 0.25) is 0 Å². The van der Waals surface area contributed by atoms with E-state index in [0.717, 1.165) is 12.8 Å². The normalized spacial score (nSPS) is 42.7. The minimum absolute atomic E-state index is 0.115. The Labute approximate surface area is 75.5 Å². The van der Waals surface area contributed by atoms with Gasteiger partial charge in [-0.2, -0.15) is 0 Å². The van der Waals surface area contributed by atoms with E-state index in [1.54, 1.807) is 0 Å². The largest absolute Gasteiger partial charge is 0.393 e. The van der Waals surface area contributed by atoms with Gasteiger partial charge in [-0.3, -0.25) is 0 Å². The van der Waals surface area contributed by atoms with Gasteiger partial charge in [0.25, 0.3) is 0 Å². The second-order valence-corrected chi connectivity index (χ2v) is 4.74. The SMILES string of the molecule is C=C(C)C1(C)CC(C)CC(O)C1. The van der Waals surface area contributed by atoms with E-state index in [-0.39, 0.29) is 11.5 Å². The van der Waals surface area contributed by atoms with Crippen molar-refractivity contribution in [2.45, 2.75) is 46.1 Å². The van der Waals surface area contributed by atoms with Gasteiger partial charge < -0.3 is 5.11 Å². The van der Waals surface area contributed by atoms with Crippen LogP contribution in [0.25, 0.3) is 0 Å². The Balaban J connectivity index is 2.71. The van der Waals surface area contributed by atoms with Crippen molar-refractivity contribution in [2.75, 3.05) is 0 Å². The highest BCUT2D eigenvalue weighted by molar-refractivity contribution is 5.08. The minimum atomic E-state index is -0.115. The summed E-state index contributed by atoms with van der Waals surface area (Å²) >= 11 is 0. The quantitative estimate of drug-likeness (QED) is 0.597. The van der Waals surface area contributed by atoms with Crippen LogP contribution >= 0.6 is 0 Å². The zero-order valence-electron chi connectivity index (χ0n) is 8.43. The molecule has 0 saturated heterocycles. The van der Waals surface area contributed by atoms with E-state index in [9.17, 15) is 5.11 Å². The molecule has 0 aromatic heterocycles. The van der Waals surface area contributed by atoms with Gasteiger partial charge in [0.1, 0.15) is 0 Å². The van der Waals surface area contributed by atoms with Crippen LogP contribution in [0, 0.1) is 11.3 Å². The Bertz CT molecular complexity index is 173. The highest BCUT2D eigenvalue weighted by atomic mass is 16.3. The van der Waals surface area contributed by atoms with Gasteiger partial charge in [0, 0.05) is 0 Å².